The molecule has 50 heavy (non-hydrogen) atoms. The van der Waals surface area contributed by atoms with Gasteiger partial charge in [0.15, 0.2) is 12.6 Å². The van der Waals surface area contributed by atoms with E-state index < -0.39 is 108 Å². The second-order valence-electron chi connectivity index (χ2n) is 16.3. The SMILES string of the molecule is CC[C@H]1OC(=O)[C@H](C)[C@@H](OC2C[C@@](C)(O)[C@@H](O)[C@H](C)O2)[C@H](C)[C@@H](O[C@@H]2O[C@H](C)C[C@H](N(C)C)[C@H]2O)[C@](C)(O)C[C@@H](C)C(=O)[C@H](C)[C@@H](O)[C@@]1(C)O. The van der Waals surface area contributed by atoms with Crippen molar-refractivity contribution in [3.8, 4) is 0 Å². The van der Waals surface area contributed by atoms with Crippen molar-refractivity contribution in [2.75, 3.05) is 14.1 Å². The Balaban J connectivity index is 2.17. The molecule has 0 spiro atoms. The van der Waals surface area contributed by atoms with Crippen LogP contribution in [0.1, 0.15) is 94.9 Å². The quantitative estimate of drug-likeness (QED) is 0.213. The summed E-state index contributed by atoms with van der Waals surface area (Å²) in [5.74, 6) is -5.14. The Kier molecular flexibility index (Phi) is 14.1. The van der Waals surface area contributed by atoms with E-state index in [-0.39, 0.29) is 31.4 Å². The van der Waals surface area contributed by atoms with Crippen molar-refractivity contribution in [3.63, 3.8) is 0 Å². The van der Waals surface area contributed by atoms with Gasteiger partial charge in [0, 0.05) is 30.2 Å². The van der Waals surface area contributed by atoms with Crippen molar-refractivity contribution < 1.29 is 63.9 Å². The summed E-state index contributed by atoms with van der Waals surface area (Å²) in [6.07, 6.45) is -10.7. The van der Waals surface area contributed by atoms with Gasteiger partial charge < -0.3 is 59.2 Å². The van der Waals surface area contributed by atoms with Gasteiger partial charge in [0.2, 0.25) is 0 Å². The molecule has 0 aromatic rings. The van der Waals surface area contributed by atoms with Gasteiger partial charge in [0.05, 0.1) is 47.6 Å². The van der Waals surface area contributed by atoms with E-state index in [1.54, 1.807) is 34.6 Å². The van der Waals surface area contributed by atoms with Gasteiger partial charge in [-0.2, -0.15) is 0 Å². The van der Waals surface area contributed by atoms with Gasteiger partial charge in [-0.15, -0.1) is 0 Å². The Labute approximate surface area is 297 Å². The summed E-state index contributed by atoms with van der Waals surface area (Å²) in [5.41, 5.74) is -5.42. The summed E-state index contributed by atoms with van der Waals surface area (Å²) >= 11 is 0. The predicted molar refractivity (Wildman–Crippen MR) is 181 cm³/mol. The van der Waals surface area contributed by atoms with Crippen LogP contribution in [0.15, 0.2) is 0 Å². The summed E-state index contributed by atoms with van der Waals surface area (Å²) in [6.45, 7) is 15.8. The maximum absolute atomic E-state index is 14.0. The molecule has 0 bridgehead atoms. The van der Waals surface area contributed by atoms with E-state index >= 15 is 0 Å². The van der Waals surface area contributed by atoms with Crippen molar-refractivity contribution in [2.24, 2.45) is 23.7 Å². The minimum absolute atomic E-state index is 0.118. The van der Waals surface area contributed by atoms with Crippen LogP contribution in [0.2, 0.25) is 0 Å². The lowest BCUT2D eigenvalue weighted by molar-refractivity contribution is -0.316. The third kappa shape index (κ3) is 9.25. The minimum Gasteiger partial charge on any atom is -0.459 e. The lowest BCUT2D eigenvalue weighted by Crippen LogP contribution is -2.61. The number of esters is 1. The second-order valence-corrected chi connectivity index (χ2v) is 16.3. The monoisotopic (exact) mass is 719 g/mol. The lowest BCUT2D eigenvalue weighted by Gasteiger charge is -2.48. The minimum atomic E-state index is -2.01. The molecule has 0 aromatic heterocycles. The zero-order chi connectivity index (χ0) is 38.3. The molecule has 0 radical (unpaired) electrons. The summed E-state index contributed by atoms with van der Waals surface area (Å²) in [4.78, 5) is 29.6. The molecule has 0 saturated carbocycles. The number of ether oxygens (including phenoxy) is 5. The Bertz CT molecular complexity index is 1150. The van der Waals surface area contributed by atoms with Crippen molar-refractivity contribution in [1.82, 2.24) is 4.90 Å². The van der Waals surface area contributed by atoms with Crippen LogP contribution < -0.4 is 0 Å². The van der Waals surface area contributed by atoms with Crippen LogP contribution in [0.5, 0.6) is 0 Å². The molecule has 0 amide bonds. The molecule has 3 rings (SSSR count). The number of rotatable bonds is 6. The van der Waals surface area contributed by atoms with Gasteiger partial charge in [-0.1, -0.05) is 27.7 Å². The maximum Gasteiger partial charge on any atom is 0.311 e. The highest BCUT2D eigenvalue weighted by molar-refractivity contribution is 5.83. The maximum atomic E-state index is 14.0. The first-order chi connectivity index (χ1) is 22.9. The summed E-state index contributed by atoms with van der Waals surface area (Å²) in [7, 11) is 3.67. The van der Waals surface area contributed by atoms with E-state index in [0.717, 1.165) is 0 Å². The van der Waals surface area contributed by atoms with Crippen molar-refractivity contribution in [1.29, 1.82) is 0 Å². The molecule has 14 nitrogen and oxygen atoms in total. The molecular weight excluding hydrogens is 654 g/mol. The third-order valence-corrected chi connectivity index (χ3v) is 11.4. The number of cyclic esters (lactones) is 1. The third-order valence-electron chi connectivity index (χ3n) is 11.4. The van der Waals surface area contributed by atoms with E-state index in [9.17, 15) is 40.2 Å². The second kappa shape index (κ2) is 16.4. The van der Waals surface area contributed by atoms with Crippen molar-refractivity contribution in [2.45, 2.75) is 179 Å². The zero-order valence-corrected chi connectivity index (χ0v) is 32.0. The number of hydrogen-bond acceptors (Lipinski definition) is 14. The molecule has 6 N–H and O–H groups in total. The molecule has 0 aliphatic carbocycles. The number of carbonyl (C=O) groups excluding carboxylic acids is 2. The van der Waals surface area contributed by atoms with Gasteiger partial charge >= 0.3 is 5.97 Å². The molecule has 3 heterocycles. The highest BCUT2D eigenvalue weighted by Gasteiger charge is 2.53. The fourth-order valence-corrected chi connectivity index (χ4v) is 8.22. The standard InChI is InChI=1S/C36H65NO13/c1-13-24-36(10,45)29(40)19(4)26(38)17(2)15-35(9,44)31(50-33-27(39)23(37(11)12)14-18(3)46-33)20(5)28(21(6)32(42)48-24)49-25-16-34(8,43)30(41)22(7)47-25/h17-25,27-31,33,39-41,43-45H,13-16H2,1-12H3/t17-,18-,19+,20+,21-,22+,23+,24-,25?,27-,28+,29-,30+,31-,33+,34-,35-,36+/m1/s1. The predicted octanol–water partition coefficient (Wildman–Crippen LogP) is 1.13. The molecule has 0 aromatic carbocycles. The smallest absolute Gasteiger partial charge is 0.311 e. The van der Waals surface area contributed by atoms with Crippen LogP contribution in [0.3, 0.4) is 0 Å². The normalized spacial score (nSPS) is 50.5. The Hall–Kier alpha value is -1.30. The van der Waals surface area contributed by atoms with Crippen LogP contribution in [0.4, 0.5) is 0 Å². The first-order valence-electron chi connectivity index (χ1n) is 18.1. The summed E-state index contributed by atoms with van der Waals surface area (Å²) in [6, 6.07) is -0.337. The van der Waals surface area contributed by atoms with E-state index in [4.69, 9.17) is 23.7 Å². The molecule has 3 aliphatic rings. The Morgan fingerprint density at radius 1 is 0.840 bits per heavy atom. The lowest BCUT2D eigenvalue weighted by atomic mass is 9.74. The van der Waals surface area contributed by atoms with Gasteiger partial charge in [-0.05, 0) is 74.9 Å². The number of aliphatic hydroxyl groups excluding tert-OH is 3. The van der Waals surface area contributed by atoms with Gasteiger partial charge in [0.25, 0.3) is 0 Å². The number of likely N-dealkylation sites (N-methyl/N-ethyl adjacent to an activating group) is 1. The van der Waals surface area contributed by atoms with Crippen molar-refractivity contribution in [3.05, 3.63) is 0 Å². The van der Waals surface area contributed by atoms with Gasteiger partial charge in [0.1, 0.15) is 29.7 Å². The first kappa shape index (κ1) is 43.1. The fourth-order valence-electron chi connectivity index (χ4n) is 8.22. The molecule has 1 unspecified atom stereocenters. The highest BCUT2D eigenvalue weighted by Crippen LogP contribution is 2.40. The number of aliphatic hydroxyl groups is 6. The van der Waals surface area contributed by atoms with E-state index in [2.05, 4.69) is 0 Å². The largest absolute Gasteiger partial charge is 0.459 e. The van der Waals surface area contributed by atoms with Crippen LogP contribution in [-0.2, 0) is 33.3 Å². The summed E-state index contributed by atoms with van der Waals surface area (Å²) in [5, 5.41) is 68.1. The first-order valence-corrected chi connectivity index (χ1v) is 18.1. The van der Waals surface area contributed by atoms with Crippen LogP contribution in [0, 0.1) is 23.7 Å². The number of nitrogens with zero attached hydrogens (tertiary/aromatic N) is 1. The molecule has 292 valence electrons. The zero-order valence-electron chi connectivity index (χ0n) is 32.0. The average Bonchev–Trinajstić information content (AvgIpc) is 3.01. The number of carbonyl (C=O) groups is 2. The molecule has 14 heteroatoms. The number of Topliss-reactive ketones (excluding diaryl/α,β-unsaturated/α-hetero) is 1. The molecule has 3 saturated heterocycles. The van der Waals surface area contributed by atoms with Crippen LogP contribution in [-0.4, -0.2) is 146 Å². The Morgan fingerprint density at radius 3 is 1.98 bits per heavy atom. The highest BCUT2D eigenvalue weighted by atomic mass is 16.7. The van der Waals surface area contributed by atoms with Crippen molar-refractivity contribution >= 4 is 11.8 Å². The molecule has 18 atom stereocenters. The number of ketones is 1. The molecular formula is C36H65NO13. The van der Waals surface area contributed by atoms with Gasteiger partial charge in [-0.25, -0.2) is 0 Å². The van der Waals surface area contributed by atoms with E-state index in [0.29, 0.717) is 6.42 Å². The summed E-state index contributed by atoms with van der Waals surface area (Å²) < 4.78 is 31.0. The molecule has 3 fully saturated rings. The topological polar surface area (TPSA) is 205 Å². The van der Waals surface area contributed by atoms with Crippen LogP contribution in [0.25, 0.3) is 0 Å². The van der Waals surface area contributed by atoms with E-state index in [1.165, 1.54) is 27.7 Å². The average molecular weight is 720 g/mol. The Morgan fingerprint density at radius 2 is 1.44 bits per heavy atom. The molecule has 3 aliphatic heterocycles. The fraction of sp³-hybridized carbons (Fsp3) is 0.944. The number of hydrogen-bond donors (Lipinski definition) is 6. The van der Waals surface area contributed by atoms with Crippen LogP contribution >= 0.6 is 0 Å². The van der Waals surface area contributed by atoms with E-state index in [1.807, 2.05) is 25.9 Å². The van der Waals surface area contributed by atoms with Gasteiger partial charge in [-0.3, -0.25) is 9.59 Å².